The van der Waals surface area contributed by atoms with Gasteiger partial charge in [0, 0.05) is 26.2 Å². The van der Waals surface area contributed by atoms with Crippen LogP contribution in [0.3, 0.4) is 0 Å². The van der Waals surface area contributed by atoms with Gasteiger partial charge in [-0.3, -0.25) is 4.79 Å². The second-order valence-electron chi connectivity index (χ2n) is 3.98. The van der Waals surface area contributed by atoms with Crippen LogP contribution in [0.1, 0.15) is 12.8 Å². The lowest BCUT2D eigenvalue weighted by atomic mass is 10.2. The lowest BCUT2D eigenvalue weighted by Crippen LogP contribution is -2.45. The minimum Gasteiger partial charge on any atom is -0.370 e. The number of amides is 1. The number of halogens is 2. The fourth-order valence-corrected chi connectivity index (χ4v) is 1.88. The molecule has 3 N–H and O–H groups in total. The van der Waals surface area contributed by atoms with E-state index >= 15 is 0 Å². The molecule has 0 bridgehead atoms. The van der Waals surface area contributed by atoms with Crippen molar-refractivity contribution in [1.29, 1.82) is 0 Å². The van der Waals surface area contributed by atoms with E-state index in [0.29, 0.717) is 12.6 Å². The minimum atomic E-state index is -0.517. The number of likely N-dealkylation sites (N-methyl/N-ethyl adjacent to an activating group) is 1. The molecule has 0 aliphatic carbocycles. The molecule has 0 aromatic heterocycles. The maximum absolute atomic E-state index is 11.5. The van der Waals surface area contributed by atoms with Gasteiger partial charge >= 0.3 is 0 Å². The first kappa shape index (κ1) is 19.3. The summed E-state index contributed by atoms with van der Waals surface area (Å²) in [6.07, 6.45) is 1.84. The van der Waals surface area contributed by atoms with E-state index in [-0.39, 0.29) is 37.3 Å². The van der Waals surface area contributed by atoms with Gasteiger partial charge in [-0.05, 0) is 26.4 Å². The Morgan fingerprint density at radius 2 is 2.24 bits per heavy atom. The fraction of sp³-hybridized carbons (Fsp3) is 0.900. The summed E-state index contributed by atoms with van der Waals surface area (Å²) >= 11 is 0. The van der Waals surface area contributed by atoms with E-state index < -0.39 is 6.10 Å². The number of nitrogens with zero attached hydrogens (tertiary/aromatic N) is 1. The highest BCUT2D eigenvalue weighted by Gasteiger charge is 2.22. The molecule has 1 aliphatic rings. The first-order chi connectivity index (χ1) is 7.19. The van der Waals surface area contributed by atoms with Crippen LogP contribution in [0.2, 0.25) is 0 Å². The van der Waals surface area contributed by atoms with Crippen LogP contribution in [-0.2, 0) is 9.53 Å². The van der Waals surface area contributed by atoms with Crippen LogP contribution in [0, 0.1) is 0 Å². The van der Waals surface area contributed by atoms with Gasteiger partial charge in [0.05, 0.1) is 0 Å². The zero-order chi connectivity index (χ0) is 11.3. The molecular formula is C10H23Cl2N3O2. The average Bonchev–Trinajstić information content (AvgIpc) is 2.63. The van der Waals surface area contributed by atoms with Crippen molar-refractivity contribution >= 4 is 30.7 Å². The number of methoxy groups -OCH3 is 1. The molecule has 1 heterocycles. The van der Waals surface area contributed by atoms with Crippen molar-refractivity contribution in [3.05, 3.63) is 0 Å². The molecule has 17 heavy (non-hydrogen) atoms. The summed E-state index contributed by atoms with van der Waals surface area (Å²) < 4.78 is 4.95. The fourth-order valence-electron chi connectivity index (χ4n) is 1.88. The number of ether oxygens (including phenoxy) is 1. The van der Waals surface area contributed by atoms with Gasteiger partial charge in [0.25, 0.3) is 0 Å². The summed E-state index contributed by atoms with van der Waals surface area (Å²) in [6.45, 7) is 2.03. The number of carbonyl (C=O) groups excluding carboxylic acids is 1. The van der Waals surface area contributed by atoms with Crippen molar-refractivity contribution < 1.29 is 9.53 Å². The van der Waals surface area contributed by atoms with Gasteiger partial charge in [-0.25, -0.2) is 0 Å². The van der Waals surface area contributed by atoms with Crippen molar-refractivity contribution in [2.75, 3.05) is 33.8 Å². The van der Waals surface area contributed by atoms with E-state index in [4.69, 9.17) is 10.5 Å². The topological polar surface area (TPSA) is 67.6 Å². The third kappa shape index (κ3) is 5.88. The van der Waals surface area contributed by atoms with E-state index in [1.165, 1.54) is 13.5 Å². The summed E-state index contributed by atoms with van der Waals surface area (Å²) in [4.78, 5) is 13.8. The number of nitrogens with two attached hydrogens (primary N) is 1. The number of likely N-dealkylation sites (tertiary alicyclic amines) is 1. The molecule has 104 valence electrons. The minimum absolute atomic E-state index is 0. The Labute approximate surface area is 115 Å². The number of rotatable bonds is 5. The zero-order valence-corrected chi connectivity index (χ0v) is 12.0. The van der Waals surface area contributed by atoms with Crippen LogP contribution < -0.4 is 11.1 Å². The van der Waals surface area contributed by atoms with Crippen molar-refractivity contribution in [2.45, 2.75) is 25.0 Å². The number of hydrogen-bond acceptors (Lipinski definition) is 4. The molecule has 2 atom stereocenters. The van der Waals surface area contributed by atoms with E-state index in [2.05, 4.69) is 17.3 Å². The van der Waals surface area contributed by atoms with Gasteiger partial charge in [-0.2, -0.15) is 0 Å². The van der Waals surface area contributed by atoms with Crippen LogP contribution in [0.4, 0.5) is 0 Å². The first-order valence-electron chi connectivity index (χ1n) is 5.39. The van der Waals surface area contributed by atoms with Crippen LogP contribution >= 0.6 is 24.8 Å². The molecule has 1 saturated heterocycles. The number of hydrogen-bond donors (Lipinski definition) is 2. The first-order valence-corrected chi connectivity index (χ1v) is 5.39. The van der Waals surface area contributed by atoms with E-state index in [1.54, 1.807) is 0 Å². The molecule has 1 amide bonds. The maximum Gasteiger partial charge on any atom is 0.250 e. The molecule has 0 radical (unpaired) electrons. The molecule has 0 aromatic rings. The second-order valence-corrected chi connectivity index (χ2v) is 3.98. The van der Waals surface area contributed by atoms with Gasteiger partial charge in [0.1, 0.15) is 6.10 Å². The summed E-state index contributed by atoms with van der Waals surface area (Å²) in [6, 6.07) is 0.462. The molecule has 7 heteroatoms. The Morgan fingerprint density at radius 3 is 2.65 bits per heavy atom. The summed E-state index contributed by atoms with van der Waals surface area (Å²) in [5, 5.41) is 2.87. The highest BCUT2D eigenvalue weighted by atomic mass is 35.5. The smallest absolute Gasteiger partial charge is 0.250 e. The van der Waals surface area contributed by atoms with Crippen LogP contribution in [0.25, 0.3) is 0 Å². The van der Waals surface area contributed by atoms with Gasteiger partial charge < -0.3 is 20.7 Å². The van der Waals surface area contributed by atoms with Gasteiger partial charge in [0.15, 0.2) is 0 Å². The molecule has 0 aromatic carbocycles. The Hall–Kier alpha value is -0.0700. The van der Waals surface area contributed by atoms with Crippen LogP contribution in [0.15, 0.2) is 0 Å². The van der Waals surface area contributed by atoms with Crippen LogP contribution in [-0.4, -0.2) is 56.7 Å². The Morgan fingerprint density at radius 1 is 1.59 bits per heavy atom. The molecular weight excluding hydrogens is 265 g/mol. The van der Waals surface area contributed by atoms with Crippen molar-refractivity contribution in [2.24, 2.45) is 5.73 Å². The average molecular weight is 288 g/mol. The normalized spacial score (nSPS) is 21.2. The van der Waals surface area contributed by atoms with Gasteiger partial charge in [-0.1, -0.05) is 0 Å². The van der Waals surface area contributed by atoms with Crippen molar-refractivity contribution in [3.8, 4) is 0 Å². The number of carbonyl (C=O) groups is 1. The van der Waals surface area contributed by atoms with Crippen molar-refractivity contribution in [1.82, 2.24) is 10.2 Å². The predicted octanol–water partition coefficient (Wildman–Crippen LogP) is 0.0141. The lowest BCUT2D eigenvalue weighted by Gasteiger charge is -2.21. The summed E-state index contributed by atoms with van der Waals surface area (Å²) in [5.41, 5.74) is 5.40. The highest BCUT2D eigenvalue weighted by Crippen LogP contribution is 2.13. The Bertz CT molecular complexity index is 216. The molecule has 1 rings (SSSR count). The SMILES string of the molecule is COC(CN)C(=O)NCC1CCCN1C.Cl.Cl. The molecule has 2 unspecified atom stereocenters. The summed E-state index contributed by atoms with van der Waals surface area (Å²) in [7, 11) is 3.58. The zero-order valence-electron chi connectivity index (χ0n) is 10.3. The number of nitrogens with one attached hydrogen (secondary N) is 1. The lowest BCUT2D eigenvalue weighted by molar-refractivity contribution is -0.130. The van der Waals surface area contributed by atoms with E-state index in [1.807, 2.05) is 0 Å². The molecule has 1 fully saturated rings. The Kier molecular flexibility index (Phi) is 11.2. The van der Waals surface area contributed by atoms with E-state index in [0.717, 1.165) is 13.0 Å². The monoisotopic (exact) mass is 287 g/mol. The highest BCUT2D eigenvalue weighted by molar-refractivity contribution is 5.85. The predicted molar refractivity (Wildman–Crippen MR) is 73.0 cm³/mol. The molecule has 1 aliphatic heterocycles. The maximum atomic E-state index is 11.5. The molecule has 0 spiro atoms. The molecule has 0 saturated carbocycles. The Balaban J connectivity index is 0. The third-order valence-corrected chi connectivity index (χ3v) is 2.97. The van der Waals surface area contributed by atoms with Gasteiger partial charge in [0.2, 0.25) is 5.91 Å². The summed E-state index contributed by atoms with van der Waals surface area (Å²) in [5.74, 6) is -0.111. The van der Waals surface area contributed by atoms with Crippen molar-refractivity contribution in [3.63, 3.8) is 0 Å². The second kappa shape index (κ2) is 9.91. The third-order valence-electron chi connectivity index (χ3n) is 2.97. The van der Waals surface area contributed by atoms with Crippen LogP contribution in [0.5, 0.6) is 0 Å². The largest absolute Gasteiger partial charge is 0.370 e. The van der Waals surface area contributed by atoms with Gasteiger partial charge in [-0.15, -0.1) is 24.8 Å². The molecule has 5 nitrogen and oxygen atoms in total. The van der Waals surface area contributed by atoms with E-state index in [9.17, 15) is 4.79 Å². The quantitative estimate of drug-likeness (QED) is 0.748. The standard InChI is InChI=1S/C10H21N3O2.2ClH/c1-13-5-3-4-8(13)7-12-10(14)9(6-11)15-2;;/h8-9H,3-7,11H2,1-2H3,(H,12,14);2*1H.